The van der Waals surface area contributed by atoms with Crippen LogP contribution < -0.4 is 11.1 Å². The molecule has 0 radical (unpaired) electrons. The molecule has 1 fully saturated rings. The van der Waals surface area contributed by atoms with Crippen molar-refractivity contribution in [2.45, 2.75) is 49.6 Å². The van der Waals surface area contributed by atoms with Crippen LogP contribution in [0.4, 0.5) is 0 Å². The lowest BCUT2D eigenvalue weighted by Gasteiger charge is -2.46. The van der Waals surface area contributed by atoms with Crippen LogP contribution in [0.15, 0.2) is 0 Å². The van der Waals surface area contributed by atoms with E-state index in [0.717, 1.165) is 7.11 Å². The van der Waals surface area contributed by atoms with Gasteiger partial charge in [0.05, 0.1) is 51.8 Å². The number of rotatable bonds is 13. The third-order valence-electron chi connectivity index (χ3n) is 4.53. The fourth-order valence-electron chi connectivity index (χ4n) is 3.07. The predicted octanol–water partition coefficient (Wildman–Crippen LogP) is -3.13. The molecule has 6 N–H and O–H groups in total. The maximum Gasteiger partial charge on any atom is 0.366 e. The summed E-state index contributed by atoms with van der Waals surface area (Å²) in [5.74, 6) is -1.27. The van der Waals surface area contributed by atoms with Crippen LogP contribution in [-0.4, -0.2) is 110 Å². The van der Waals surface area contributed by atoms with E-state index in [1.807, 2.05) is 0 Å². The first-order chi connectivity index (χ1) is 14.7. The summed E-state index contributed by atoms with van der Waals surface area (Å²) < 4.78 is 26.4. The standard InChI is InChI=1S/C19H32N2O10/c1-4-5-28-6-7-29-8-9-30-19(18(26)27-3)10-13(23)15(21-12(2)22)17(31-19)16(25)14(24)11-20/h1,13-17,23-25H,5-11,20H2,2-3H3,(H,21,22)/t13-,14+,15+,16+,17+,19+/m0/s1. The average Bonchev–Trinajstić information content (AvgIpc) is 2.75. The van der Waals surface area contributed by atoms with Crippen molar-refractivity contribution >= 4 is 11.9 Å². The molecule has 0 aliphatic carbocycles. The molecule has 178 valence electrons. The van der Waals surface area contributed by atoms with Crippen molar-refractivity contribution in [1.29, 1.82) is 0 Å². The Kier molecular flexibility index (Phi) is 11.9. The van der Waals surface area contributed by atoms with Gasteiger partial charge in [-0.25, -0.2) is 4.79 Å². The Morgan fingerprint density at radius 3 is 2.52 bits per heavy atom. The van der Waals surface area contributed by atoms with Crippen molar-refractivity contribution in [3.63, 3.8) is 0 Å². The van der Waals surface area contributed by atoms with Crippen molar-refractivity contribution in [1.82, 2.24) is 5.32 Å². The second kappa shape index (κ2) is 13.6. The lowest BCUT2D eigenvalue weighted by molar-refractivity contribution is -0.313. The highest BCUT2D eigenvalue weighted by Crippen LogP contribution is 2.34. The number of nitrogens with one attached hydrogen (secondary N) is 1. The van der Waals surface area contributed by atoms with Crippen LogP contribution in [0.3, 0.4) is 0 Å². The molecule has 1 aliphatic heterocycles. The fraction of sp³-hybridized carbons (Fsp3) is 0.789. The van der Waals surface area contributed by atoms with Crippen molar-refractivity contribution in [3.05, 3.63) is 0 Å². The van der Waals surface area contributed by atoms with Crippen LogP contribution in [0.5, 0.6) is 0 Å². The minimum atomic E-state index is -2.10. The van der Waals surface area contributed by atoms with Gasteiger partial charge in [-0.05, 0) is 0 Å². The van der Waals surface area contributed by atoms with E-state index in [2.05, 4.69) is 11.2 Å². The zero-order chi connectivity index (χ0) is 23.4. The van der Waals surface area contributed by atoms with Crippen LogP contribution in [0.1, 0.15) is 13.3 Å². The lowest BCUT2D eigenvalue weighted by Crippen LogP contribution is -2.68. The molecule has 31 heavy (non-hydrogen) atoms. The molecule has 0 bridgehead atoms. The molecule has 1 saturated heterocycles. The predicted molar refractivity (Wildman–Crippen MR) is 105 cm³/mol. The molecule has 0 saturated carbocycles. The molecule has 1 rings (SSSR count). The number of carbonyl (C=O) groups is 2. The van der Waals surface area contributed by atoms with E-state index in [1.165, 1.54) is 6.92 Å². The summed E-state index contributed by atoms with van der Waals surface area (Å²) in [7, 11) is 1.10. The first-order valence-electron chi connectivity index (χ1n) is 9.73. The third kappa shape index (κ3) is 7.99. The van der Waals surface area contributed by atoms with Gasteiger partial charge in [0.2, 0.25) is 5.91 Å². The Labute approximate surface area is 180 Å². The van der Waals surface area contributed by atoms with Crippen LogP contribution in [0.25, 0.3) is 0 Å². The van der Waals surface area contributed by atoms with E-state index >= 15 is 0 Å². The molecule has 6 atom stereocenters. The average molecular weight is 448 g/mol. The summed E-state index contributed by atoms with van der Waals surface area (Å²) in [5, 5.41) is 33.5. The van der Waals surface area contributed by atoms with Crippen molar-refractivity contribution in [2.75, 3.05) is 46.7 Å². The number of ether oxygens (including phenoxy) is 5. The molecule has 0 spiro atoms. The Morgan fingerprint density at radius 2 is 1.94 bits per heavy atom. The quantitative estimate of drug-likeness (QED) is 0.109. The third-order valence-corrected chi connectivity index (χ3v) is 4.53. The van der Waals surface area contributed by atoms with Gasteiger partial charge in [0.1, 0.15) is 18.8 Å². The summed E-state index contributed by atoms with van der Waals surface area (Å²) in [6, 6.07) is -1.14. The minimum Gasteiger partial charge on any atom is -0.465 e. The smallest absolute Gasteiger partial charge is 0.366 e. The summed E-state index contributed by atoms with van der Waals surface area (Å²) >= 11 is 0. The largest absolute Gasteiger partial charge is 0.465 e. The molecule has 12 nitrogen and oxygen atoms in total. The second-order valence-corrected chi connectivity index (χ2v) is 6.84. The molecule has 1 amide bonds. The summed E-state index contributed by atoms with van der Waals surface area (Å²) in [5.41, 5.74) is 5.40. The number of aliphatic hydroxyl groups excluding tert-OH is 3. The molecule has 0 aromatic heterocycles. The zero-order valence-electron chi connectivity index (χ0n) is 17.7. The van der Waals surface area contributed by atoms with Gasteiger partial charge in [0, 0.05) is 19.9 Å². The Balaban J connectivity index is 2.91. The van der Waals surface area contributed by atoms with Gasteiger partial charge < -0.3 is 50.1 Å². The number of nitrogens with two attached hydrogens (primary N) is 1. The van der Waals surface area contributed by atoms with Crippen LogP contribution >= 0.6 is 0 Å². The minimum absolute atomic E-state index is 0.0470. The second-order valence-electron chi connectivity index (χ2n) is 6.84. The number of amides is 1. The van der Waals surface area contributed by atoms with E-state index in [0.29, 0.717) is 0 Å². The van der Waals surface area contributed by atoms with Gasteiger partial charge >= 0.3 is 5.97 Å². The van der Waals surface area contributed by atoms with Gasteiger partial charge in [-0.15, -0.1) is 6.42 Å². The molecule has 0 aromatic carbocycles. The number of hydrogen-bond acceptors (Lipinski definition) is 11. The van der Waals surface area contributed by atoms with Gasteiger partial charge in [-0.3, -0.25) is 4.79 Å². The first kappa shape index (κ1) is 27.2. The summed E-state index contributed by atoms with van der Waals surface area (Å²) in [4.78, 5) is 24.0. The maximum absolute atomic E-state index is 12.5. The van der Waals surface area contributed by atoms with E-state index < -0.39 is 54.5 Å². The van der Waals surface area contributed by atoms with Crippen molar-refractivity contribution in [2.24, 2.45) is 5.73 Å². The molecule has 0 unspecified atom stereocenters. The highest BCUT2D eigenvalue weighted by Gasteiger charge is 2.56. The molecule has 0 aromatic rings. The van der Waals surface area contributed by atoms with E-state index in [9.17, 15) is 24.9 Å². The van der Waals surface area contributed by atoms with Crippen LogP contribution in [0.2, 0.25) is 0 Å². The fourth-order valence-corrected chi connectivity index (χ4v) is 3.07. The van der Waals surface area contributed by atoms with Gasteiger partial charge in [-0.1, -0.05) is 5.92 Å². The van der Waals surface area contributed by atoms with Crippen molar-refractivity contribution < 1.29 is 48.6 Å². The lowest BCUT2D eigenvalue weighted by atomic mass is 9.88. The molecule has 1 aliphatic rings. The number of carbonyl (C=O) groups excluding carboxylic acids is 2. The Morgan fingerprint density at radius 1 is 1.29 bits per heavy atom. The topological polar surface area (TPSA) is 179 Å². The highest BCUT2D eigenvalue weighted by atomic mass is 16.7. The Hall–Kier alpha value is -1.82. The highest BCUT2D eigenvalue weighted by molar-refractivity contribution is 5.78. The number of aliphatic hydroxyl groups is 3. The van der Waals surface area contributed by atoms with Crippen molar-refractivity contribution in [3.8, 4) is 12.3 Å². The van der Waals surface area contributed by atoms with E-state index in [-0.39, 0.29) is 39.6 Å². The number of methoxy groups -OCH3 is 1. The van der Waals surface area contributed by atoms with Crippen LogP contribution in [0, 0.1) is 12.3 Å². The van der Waals surface area contributed by atoms with Crippen LogP contribution in [-0.2, 0) is 33.3 Å². The first-order valence-corrected chi connectivity index (χ1v) is 9.73. The van der Waals surface area contributed by atoms with E-state index in [4.69, 9.17) is 35.8 Å². The summed E-state index contributed by atoms with van der Waals surface area (Å²) in [6.45, 7) is 1.45. The Bertz CT molecular complexity index is 613. The molecular formula is C19H32N2O10. The monoisotopic (exact) mass is 448 g/mol. The van der Waals surface area contributed by atoms with Gasteiger partial charge in [-0.2, -0.15) is 0 Å². The molecule has 1 heterocycles. The normalized spacial score (nSPS) is 27.7. The van der Waals surface area contributed by atoms with Gasteiger partial charge in [0.25, 0.3) is 5.79 Å². The van der Waals surface area contributed by atoms with Gasteiger partial charge in [0.15, 0.2) is 0 Å². The maximum atomic E-state index is 12.5. The zero-order valence-corrected chi connectivity index (χ0v) is 17.7. The number of terminal acetylenes is 1. The molecular weight excluding hydrogens is 416 g/mol. The van der Waals surface area contributed by atoms with E-state index in [1.54, 1.807) is 0 Å². The SMILES string of the molecule is C#CCOCCOCCO[C@]1(C(=O)OC)C[C@H](O)[C@@H](NC(C)=O)[C@H]([C@H](O)[C@H](O)CN)O1. The molecule has 12 heteroatoms. The number of esters is 1. The number of hydrogen-bond donors (Lipinski definition) is 5. The summed E-state index contributed by atoms with van der Waals surface area (Å²) in [6.07, 6.45) is -1.24.